The first-order valence-electron chi connectivity index (χ1n) is 47.5. The van der Waals surface area contributed by atoms with Crippen molar-refractivity contribution in [3.05, 3.63) is 392 Å². The van der Waals surface area contributed by atoms with Gasteiger partial charge < -0.3 is 80.7 Å². The van der Waals surface area contributed by atoms with Gasteiger partial charge in [0.1, 0.15) is 122 Å². The first kappa shape index (κ1) is 123. The van der Waals surface area contributed by atoms with Gasteiger partial charge in [0.05, 0.1) is 7.11 Å². The van der Waals surface area contributed by atoms with Gasteiger partial charge in [-0.2, -0.15) is 0 Å². The van der Waals surface area contributed by atoms with Crippen LogP contribution in [0.4, 0.5) is 8.78 Å². The number of carboxylic acid groups (broad SMARTS) is 1. The SMILES string of the molecule is C.C.C.C/C=C/c1cc(Oc2ccc(Oc3ccc(-c4nnc(-c5ccc(C)cc5)o4)cc3)c(/C=C/C)c2)ccc1OC.C=CCc1cc(Oc2ccc(O)c(CC=C)c2)ccc1O.C=CCc1cc(Oc2ccc(O[Si](C)(C)C)c(CC=C)c2)ccc1O[Si](C)(C)C.C=CCc1cc(Oc2ccc(O[Si](C)(C)C)c(CC=C)c2)ccc1O[Si](C)(C)C.Fc1ccc(-c2nnc(-c3ccc(F)cc3)o2)cc1.N[C@@H](COC=O)C(=O)O. The van der Waals surface area contributed by atoms with Crippen LogP contribution in [0.5, 0.6) is 97.7 Å². The molecule has 0 spiro atoms. The summed E-state index contributed by atoms with van der Waals surface area (Å²) in [7, 11) is -5.09. The molecule has 790 valence electrons. The van der Waals surface area contributed by atoms with E-state index in [0.717, 1.165) is 139 Å². The predicted octanol–water partition coefficient (Wildman–Crippen LogP) is 32.6. The van der Waals surface area contributed by atoms with Gasteiger partial charge in [0.2, 0.25) is 56.8 Å². The van der Waals surface area contributed by atoms with Crippen LogP contribution in [0.15, 0.2) is 340 Å². The summed E-state index contributed by atoms with van der Waals surface area (Å²) in [5.74, 6) is 11.8. The van der Waals surface area contributed by atoms with E-state index in [2.05, 4.69) is 143 Å². The average molecular weight is 2110 g/mol. The highest BCUT2D eigenvalue weighted by atomic mass is 28.4. The number of rotatable bonds is 41. The molecule has 2 aromatic heterocycles. The molecule has 0 bridgehead atoms. The van der Waals surface area contributed by atoms with Gasteiger partial charge in [-0.3, -0.25) is 9.59 Å². The molecule has 0 amide bonds. The number of aromatic hydroxyl groups is 2. The zero-order valence-corrected chi connectivity index (χ0v) is 90.3. The number of benzene rings is 12. The maximum atomic E-state index is 12.8. The smallest absolute Gasteiger partial charge is 0.324 e. The van der Waals surface area contributed by atoms with E-state index in [-0.39, 0.29) is 58.5 Å². The molecule has 150 heavy (non-hydrogen) atoms. The Kier molecular flexibility index (Phi) is 48.9. The van der Waals surface area contributed by atoms with Gasteiger partial charge in [-0.1, -0.05) is 101 Å². The molecular formula is C121H143F2N5O18Si4. The minimum atomic E-state index is -1.69. The minimum absolute atomic E-state index is 0. The Morgan fingerprint density at radius 2 is 0.607 bits per heavy atom. The second-order valence-electron chi connectivity index (χ2n) is 37.2. The fourth-order valence-electron chi connectivity index (χ4n) is 13.8. The van der Waals surface area contributed by atoms with E-state index in [1.54, 1.807) is 79.9 Å². The van der Waals surface area contributed by atoms with Gasteiger partial charge in [-0.25, -0.2) is 8.78 Å². The van der Waals surface area contributed by atoms with E-state index in [9.17, 15) is 28.6 Å². The second kappa shape index (κ2) is 59.8. The summed E-state index contributed by atoms with van der Waals surface area (Å²) in [6.07, 6.45) is 23.0. The number of hydrogen-bond acceptors (Lipinski definition) is 22. The lowest BCUT2D eigenvalue weighted by atomic mass is 10.1. The summed E-state index contributed by atoms with van der Waals surface area (Å²) in [6, 6.07) is 71.5. The Bertz CT molecular complexity index is 6400. The number of carboxylic acids is 1. The van der Waals surface area contributed by atoms with Crippen molar-refractivity contribution in [1.82, 2.24) is 20.4 Å². The molecule has 0 aliphatic heterocycles. The number of aryl methyl sites for hydroxylation is 1. The summed E-state index contributed by atoms with van der Waals surface area (Å²) in [5.41, 5.74) is 16.8. The van der Waals surface area contributed by atoms with Crippen molar-refractivity contribution >= 4 is 57.9 Å². The van der Waals surface area contributed by atoms with Crippen molar-refractivity contribution in [1.29, 1.82) is 0 Å². The molecule has 1 atom stereocenters. The van der Waals surface area contributed by atoms with Crippen molar-refractivity contribution in [3.63, 3.8) is 0 Å². The van der Waals surface area contributed by atoms with Crippen LogP contribution in [-0.2, 0) is 52.9 Å². The van der Waals surface area contributed by atoms with Crippen LogP contribution in [0.3, 0.4) is 0 Å². The normalized spacial score (nSPS) is 11.0. The predicted molar refractivity (Wildman–Crippen MR) is 613 cm³/mol. The number of hydrogen-bond donors (Lipinski definition) is 4. The monoisotopic (exact) mass is 2100 g/mol. The minimum Gasteiger partial charge on any atom is -0.544 e. The fourth-order valence-corrected chi connectivity index (χ4v) is 17.2. The van der Waals surface area contributed by atoms with Crippen LogP contribution >= 0.6 is 0 Å². The van der Waals surface area contributed by atoms with Crippen LogP contribution in [0.25, 0.3) is 58.0 Å². The summed E-state index contributed by atoms with van der Waals surface area (Å²) < 4.78 is 102. The molecule has 0 aliphatic carbocycles. The van der Waals surface area contributed by atoms with Crippen molar-refractivity contribution in [2.75, 3.05) is 13.7 Å². The van der Waals surface area contributed by atoms with E-state index in [1.165, 1.54) is 29.8 Å². The maximum Gasteiger partial charge on any atom is 0.324 e. The van der Waals surface area contributed by atoms with Gasteiger partial charge in [-0.15, -0.1) is 59.9 Å². The molecule has 12 aromatic carbocycles. The Morgan fingerprint density at radius 1 is 0.360 bits per heavy atom. The summed E-state index contributed by atoms with van der Waals surface area (Å²) in [6.45, 7) is 54.8. The van der Waals surface area contributed by atoms with E-state index < -0.39 is 45.3 Å². The average Bonchev–Trinajstić information content (AvgIpc) is 1.18. The van der Waals surface area contributed by atoms with Crippen LogP contribution in [0, 0.1) is 18.6 Å². The van der Waals surface area contributed by atoms with Crippen molar-refractivity contribution in [2.45, 2.75) is 166 Å². The quantitative estimate of drug-likeness (QED) is 0.0157. The van der Waals surface area contributed by atoms with E-state index >= 15 is 0 Å². The van der Waals surface area contributed by atoms with Gasteiger partial charge in [0.25, 0.3) is 6.47 Å². The summed E-state index contributed by atoms with van der Waals surface area (Å²) >= 11 is 0. The number of aliphatic carboxylic acids is 1. The highest BCUT2D eigenvalue weighted by Gasteiger charge is 2.25. The summed E-state index contributed by atoms with van der Waals surface area (Å²) in [5, 5.41) is 43.7. The van der Waals surface area contributed by atoms with Crippen LogP contribution in [-0.4, -0.2) is 101 Å². The number of methoxy groups -OCH3 is 1. The zero-order chi connectivity index (χ0) is 107. The molecular weight excluding hydrogens is 1960 g/mol. The lowest BCUT2D eigenvalue weighted by Gasteiger charge is -2.23. The lowest BCUT2D eigenvalue weighted by molar-refractivity contribution is -0.141. The molecule has 0 fully saturated rings. The maximum absolute atomic E-state index is 12.8. The molecule has 0 saturated heterocycles. The number of aromatic nitrogens is 4. The van der Waals surface area contributed by atoms with Crippen LogP contribution in [0.1, 0.15) is 86.2 Å². The molecule has 0 aliphatic rings. The molecule has 14 aromatic rings. The van der Waals surface area contributed by atoms with Gasteiger partial charge in [-0.05, 0) is 368 Å². The Morgan fingerprint density at radius 3 is 0.880 bits per heavy atom. The Balaban J connectivity index is 0.000000284. The third-order valence-electron chi connectivity index (χ3n) is 20.2. The highest BCUT2D eigenvalue weighted by Crippen LogP contribution is 2.41. The second-order valence-corrected chi connectivity index (χ2v) is 54.9. The van der Waals surface area contributed by atoms with E-state index in [1.807, 2.05) is 227 Å². The number of phenols is 2. The molecule has 29 heteroatoms. The number of allylic oxidation sites excluding steroid dienone is 8. The molecule has 0 saturated carbocycles. The molecule has 0 radical (unpaired) electrons. The fraction of sp³-hybridized carbons (Fsp3) is 0.223. The van der Waals surface area contributed by atoms with E-state index in [4.69, 9.17) is 65.8 Å². The Hall–Kier alpha value is -15.9. The molecule has 23 nitrogen and oxygen atoms in total. The number of phenolic OH excluding ortho intramolecular Hbond substituents is 2. The van der Waals surface area contributed by atoms with Crippen molar-refractivity contribution < 1.29 is 93.4 Å². The third-order valence-corrected chi connectivity index (χ3v) is 23.5. The van der Waals surface area contributed by atoms with Gasteiger partial charge in [0, 0.05) is 66.8 Å². The van der Waals surface area contributed by atoms with Crippen LogP contribution < -0.4 is 51.9 Å². The number of nitrogens with zero attached hydrogens (tertiary/aromatic N) is 4. The Labute approximate surface area is 887 Å². The standard InChI is InChI=1S/C34H30N2O4.2C24H34O3Si2.C18H18O3.C14H8F2N2O.C4H7NO4.3CH4/c1-5-7-26-21-29(17-19-31(26)37-4)38-30-18-20-32(27(22-30)8-6-2)39-28-15-13-25(14-16-28)34-36-35-33(40-34)24-11-9-23(3)10-12-24;2*1-9-11-19-17-21(13-15-23(19)26-28(3,4)5)25-22-14-16-24(27-29(6,7)8)20(18-22)12-10-2;1-3-5-13-11-15(7-9-17(13)19)21-16-8-10-18(20)14(12-16)6-4-2;15-11-5-1-9(2-6-11)13-17-18-14(19-13)10-3-7-12(16)8-4-10;5-3(4(7)8)1-9-2-6;;;/h5-22H,1-4H3;2*9-10,13-18H,1-2,11-12H2,3-8H3;3-4,7-12,19-20H,1-2,5-6H2;1-8H;2-3H,1,5H2,(H,7,8);3*1H4/b7-5+,8-6+;;;;;;;;/t;;;;;3-;;;/m.....0.../s1. The molecule has 0 unspecified atom stereocenters. The number of carbonyl (C=O) groups is 2. The number of nitrogens with two attached hydrogens (primary N) is 1. The van der Waals surface area contributed by atoms with Crippen molar-refractivity contribution in [2.24, 2.45) is 5.73 Å². The number of ether oxygens (including phenoxy) is 7. The van der Waals surface area contributed by atoms with E-state index in [0.29, 0.717) is 76.3 Å². The van der Waals surface area contributed by atoms with Crippen LogP contribution in [0.2, 0.25) is 78.6 Å². The van der Waals surface area contributed by atoms with Gasteiger partial charge in [0.15, 0.2) is 0 Å². The van der Waals surface area contributed by atoms with Crippen molar-refractivity contribution in [3.8, 4) is 144 Å². The third kappa shape index (κ3) is 40.7. The molecule has 2 heterocycles. The molecule has 5 N–H and O–H groups in total. The number of carbonyl (C=O) groups excluding carboxylic acids is 1. The first-order valence-corrected chi connectivity index (χ1v) is 61.2. The van der Waals surface area contributed by atoms with Gasteiger partial charge >= 0.3 is 5.97 Å². The lowest BCUT2D eigenvalue weighted by Crippen LogP contribution is -2.34. The topological polar surface area (TPSA) is 300 Å². The summed E-state index contributed by atoms with van der Waals surface area (Å²) in [4.78, 5) is 19.3. The number of halogens is 2. The highest BCUT2D eigenvalue weighted by molar-refractivity contribution is 6.71. The zero-order valence-electron chi connectivity index (χ0n) is 86.3. The largest absolute Gasteiger partial charge is 0.544 e. The molecule has 14 rings (SSSR count). The first-order chi connectivity index (χ1) is 70.1.